The van der Waals surface area contributed by atoms with E-state index in [2.05, 4.69) is 25.9 Å². The molecule has 1 unspecified atom stereocenters. The first-order valence-electron chi connectivity index (χ1n) is 13.3. The summed E-state index contributed by atoms with van der Waals surface area (Å²) < 4.78 is 0. The number of carbonyl (C=O) groups excluding carboxylic acids is 4. The summed E-state index contributed by atoms with van der Waals surface area (Å²) in [6, 6.07) is 6.13. The highest BCUT2D eigenvalue weighted by Crippen LogP contribution is 2.35. The lowest BCUT2D eigenvalue weighted by Crippen LogP contribution is -2.54. The number of fused-ring (bicyclic) bond motifs is 1. The normalized spacial score (nSPS) is 24.7. The number of nitrogens with zero attached hydrogens (tertiary/aromatic N) is 3. The maximum absolute atomic E-state index is 13.0. The van der Waals surface area contributed by atoms with Gasteiger partial charge in [0.15, 0.2) is 5.82 Å². The van der Waals surface area contributed by atoms with Crippen molar-refractivity contribution < 1.29 is 19.2 Å². The highest BCUT2D eigenvalue weighted by atomic mass is 16.2. The largest absolute Gasteiger partial charge is 0.387 e. The molecule has 4 amide bonds. The third kappa shape index (κ3) is 4.91. The number of amides is 4. The predicted octanol–water partition coefficient (Wildman–Crippen LogP) is 2.13. The number of carbonyl (C=O) groups is 4. The van der Waals surface area contributed by atoms with Gasteiger partial charge in [-0.25, -0.2) is 9.97 Å². The Hall–Kier alpha value is -4.41. The van der Waals surface area contributed by atoms with E-state index in [1.807, 2.05) is 6.20 Å². The van der Waals surface area contributed by atoms with E-state index in [0.29, 0.717) is 36.0 Å². The van der Waals surface area contributed by atoms with Gasteiger partial charge in [-0.05, 0) is 62.3 Å². The Morgan fingerprint density at radius 1 is 1.05 bits per heavy atom. The summed E-state index contributed by atoms with van der Waals surface area (Å²) in [5.41, 5.74) is 2.61. The number of hydrogen-bond acceptors (Lipinski definition) is 9. The van der Waals surface area contributed by atoms with Crippen LogP contribution in [0.3, 0.4) is 0 Å². The van der Waals surface area contributed by atoms with Crippen LogP contribution in [-0.2, 0) is 9.59 Å². The summed E-state index contributed by atoms with van der Waals surface area (Å²) >= 11 is 0. The molecule has 1 aromatic carbocycles. The molecule has 0 bridgehead atoms. The number of imide groups is 2. The van der Waals surface area contributed by atoms with Crippen molar-refractivity contribution in [3.8, 4) is 0 Å². The minimum Gasteiger partial charge on any atom is -0.387 e. The fourth-order valence-corrected chi connectivity index (χ4v) is 5.38. The van der Waals surface area contributed by atoms with Gasteiger partial charge in [0.05, 0.1) is 16.7 Å². The van der Waals surface area contributed by atoms with Gasteiger partial charge < -0.3 is 16.0 Å². The van der Waals surface area contributed by atoms with Gasteiger partial charge in [-0.2, -0.15) is 0 Å². The zero-order valence-electron chi connectivity index (χ0n) is 21.3. The Kier molecular flexibility index (Phi) is 6.41. The van der Waals surface area contributed by atoms with E-state index in [1.54, 1.807) is 36.7 Å². The van der Waals surface area contributed by atoms with Gasteiger partial charge >= 0.3 is 0 Å². The molecule has 6 rings (SSSR count). The van der Waals surface area contributed by atoms with Crippen LogP contribution in [0.1, 0.15) is 65.1 Å². The van der Waals surface area contributed by atoms with E-state index in [-0.39, 0.29) is 24.0 Å². The minimum atomic E-state index is -0.970. The lowest BCUT2D eigenvalue weighted by atomic mass is 9.80. The van der Waals surface area contributed by atoms with Crippen LogP contribution in [0.25, 0.3) is 5.57 Å². The molecule has 2 aromatic rings. The summed E-state index contributed by atoms with van der Waals surface area (Å²) in [5.74, 6) is -0.733. The maximum Gasteiger partial charge on any atom is 0.262 e. The van der Waals surface area contributed by atoms with E-state index in [9.17, 15) is 19.2 Å². The Balaban J connectivity index is 1.03. The molecule has 1 aromatic heterocycles. The van der Waals surface area contributed by atoms with E-state index < -0.39 is 29.7 Å². The molecule has 0 spiro atoms. The molecular formula is C28H29N7O4. The number of rotatable bonds is 9. The molecule has 4 N–H and O–H groups in total. The zero-order valence-corrected chi connectivity index (χ0v) is 21.3. The second kappa shape index (κ2) is 10.0. The first kappa shape index (κ1) is 24.9. The molecule has 11 nitrogen and oxygen atoms in total. The lowest BCUT2D eigenvalue weighted by Gasteiger charge is -2.36. The number of allylic oxidation sites excluding steroid dienone is 1. The van der Waals surface area contributed by atoms with Crippen molar-refractivity contribution in [2.45, 2.75) is 50.6 Å². The number of hydrogen-bond donors (Lipinski definition) is 4. The minimum absolute atomic E-state index is 0.0913. The smallest absolute Gasteiger partial charge is 0.262 e. The summed E-state index contributed by atoms with van der Waals surface area (Å²) in [4.78, 5) is 59.3. The Morgan fingerprint density at radius 2 is 1.79 bits per heavy atom. The van der Waals surface area contributed by atoms with Gasteiger partial charge in [0.25, 0.3) is 11.8 Å². The van der Waals surface area contributed by atoms with Crippen molar-refractivity contribution in [2.75, 3.05) is 11.9 Å². The van der Waals surface area contributed by atoms with Crippen molar-refractivity contribution in [1.29, 1.82) is 5.41 Å². The Bertz CT molecular complexity index is 1400. The standard InChI is InChI=1S/C28H29N7O4/c29-24(16-2-3-16)21(25-30-8-1-9-31-25)14-33-18-10-15(11-18)13-32-17-4-5-19-20(12-17)28(39)35(27(19)38)22-6-7-23(36)34-26(22)37/h1,4-5,8-9,12,14-16,18,22,29,32-33H,2-3,6-7,10-11,13H2,(H,34,36,37)/b21-14+,29-24?/t15-,18-,22?. The molecule has 200 valence electrons. The van der Waals surface area contributed by atoms with E-state index in [1.165, 1.54) is 0 Å². The molecule has 2 aliphatic carbocycles. The van der Waals surface area contributed by atoms with Crippen LogP contribution >= 0.6 is 0 Å². The molecule has 0 radical (unpaired) electrons. The molecule has 1 saturated heterocycles. The number of piperidine rings is 1. The number of anilines is 1. The van der Waals surface area contributed by atoms with Gasteiger partial charge in [-0.15, -0.1) is 0 Å². The second-order valence-corrected chi connectivity index (χ2v) is 10.6. The molecule has 1 atom stereocenters. The topological polar surface area (TPSA) is 157 Å². The summed E-state index contributed by atoms with van der Waals surface area (Å²) in [6.45, 7) is 0.715. The van der Waals surface area contributed by atoms with Crippen LogP contribution in [-0.4, -0.2) is 62.8 Å². The van der Waals surface area contributed by atoms with E-state index in [4.69, 9.17) is 5.41 Å². The summed E-state index contributed by atoms with van der Waals surface area (Å²) in [6.07, 6.45) is 9.48. The molecule has 2 saturated carbocycles. The maximum atomic E-state index is 13.0. The van der Waals surface area contributed by atoms with Crippen molar-refractivity contribution in [1.82, 2.24) is 25.5 Å². The van der Waals surface area contributed by atoms with Gasteiger partial charge in [0.2, 0.25) is 11.8 Å². The molecule has 3 heterocycles. The quantitative estimate of drug-likeness (QED) is 0.285. The molecule has 39 heavy (non-hydrogen) atoms. The van der Waals surface area contributed by atoms with E-state index >= 15 is 0 Å². The average molecular weight is 528 g/mol. The monoisotopic (exact) mass is 527 g/mol. The summed E-state index contributed by atoms with van der Waals surface area (Å²) in [7, 11) is 0. The highest BCUT2D eigenvalue weighted by Gasteiger charge is 2.44. The Labute approximate surface area is 225 Å². The third-order valence-electron chi connectivity index (χ3n) is 7.82. The van der Waals surface area contributed by atoms with Gasteiger partial charge in [-0.3, -0.25) is 29.4 Å². The van der Waals surface area contributed by atoms with Crippen LogP contribution in [0.2, 0.25) is 0 Å². The molecule has 2 aliphatic heterocycles. The first-order chi connectivity index (χ1) is 18.9. The fraction of sp³-hybridized carbons (Fsp3) is 0.393. The molecule has 3 fully saturated rings. The number of nitrogens with one attached hydrogen (secondary N) is 4. The van der Waals surface area contributed by atoms with Crippen LogP contribution < -0.4 is 16.0 Å². The molecule has 11 heteroatoms. The Morgan fingerprint density at radius 3 is 2.51 bits per heavy atom. The van der Waals surface area contributed by atoms with Crippen LogP contribution in [0.5, 0.6) is 0 Å². The average Bonchev–Trinajstić information content (AvgIpc) is 3.73. The number of aromatic nitrogens is 2. The van der Waals surface area contributed by atoms with Crippen molar-refractivity contribution in [2.24, 2.45) is 11.8 Å². The van der Waals surface area contributed by atoms with Crippen molar-refractivity contribution in [3.63, 3.8) is 0 Å². The van der Waals surface area contributed by atoms with Crippen LogP contribution in [0, 0.1) is 17.2 Å². The highest BCUT2D eigenvalue weighted by molar-refractivity contribution is 6.24. The van der Waals surface area contributed by atoms with Gasteiger partial charge in [-0.1, -0.05) is 0 Å². The molecular weight excluding hydrogens is 498 g/mol. The van der Waals surface area contributed by atoms with Crippen LogP contribution in [0.4, 0.5) is 5.69 Å². The lowest BCUT2D eigenvalue weighted by molar-refractivity contribution is -0.136. The van der Waals surface area contributed by atoms with Gasteiger partial charge in [0.1, 0.15) is 6.04 Å². The van der Waals surface area contributed by atoms with Crippen molar-refractivity contribution in [3.05, 3.63) is 59.8 Å². The van der Waals surface area contributed by atoms with Crippen molar-refractivity contribution >= 4 is 40.6 Å². The first-order valence-corrected chi connectivity index (χ1v) is 13.3. The van der Waals surface area contributed by atoms with Crippen LogP contribution in [0.15, 0.2) is 42.9 Å². The number of benzene rings is 1. The predicted molar refractivity (Wildman–Crippen MR) is 142 cm³/mol. The zero-order chi connectivity index (χ0) is 27.1. The van der Waals surface area contributed by atoms with E-state index in [0.717, 1.165) is 41.8 Å². The summed E-state index contributed by atoms with van der Waals surface area (Å²) in [5, 5.41) is 17.5. The second-order valence-electron chi connectivity index (χ2n) is 10.6. The fourth-order valence-electron chi connectivity index (χ4n) is 5.38. The van der Waals surface area contributed by atoms with Gasteiger partial charge in [0, 0.05) is 54.9 Å². The SMILES string of the molecule is N=C(/C(=C\N[C@H]1C[C@H](CNc2ccc3c(c2)C(=O)N(C2CCC(=O)NC2=O)C3=O)C1)c1ncccn1)C1CC1. The third-order valence-corrected chi connectivity index (χ3v) is 7.82. The molecule has 4 aliphatic rings.